The lowest BCUT2D eigenvalue weighted by atomic mass is 9.96. The molecule has 0 N–H and O–H groups in total. The van der Waals surface area contributed by atoms with Crippen LogP contribution in [0, 0.1) is 5.82 Å². The van der Waals surface area contributed by atoms with E-state index >= 15 is 0 Å². The first-order valence-corrected chi connectivity index (χ1v) is 11.2. The Labute approximate surface area is 169 Å². The van der Waals surface area contributed by atoms with Gasteiger partial charge in [0.15, 0.2) is 7.14 Å². The summed E-state index contributed by atoms with van der Waals surface area (Å²) < 4.78 is 28.6. The zero-order chi connectivity index (χ0) is 19.8. The van der Waals surface area contributed by atoms with Gasteiger partial charge in [-0.25, -0.2) is 4.39 Å². The molecular weight excluding hydrogens is 378 g/mol. The van der Waals surface area contributed by atoms with Gasteiger partial charge in [0, 0.05) is 21.5 Å². The van der Waals surface area contributed by atoms with Crippen molar-refractivity contribution in [3.8, 4) is 0 Å². The van der Waals surface area contributed by atoms with Crippen LogP contribution in [0.5, 0.6) is 0 Å². The Morgan fingerprint density at radius 1 is 0.586 bits per heavy atom. The van der Waals surface area contributed by atoms with Gasteiger partial charge in [-0.1, -0.05) is 97.1 Å². The minimum atomic E-state index is -3.12. The molecule has 140 valence electrons. The highest BCUT2D eigenvalue weighted by molar-refractivity contribution is 7.88. The Kier molecular flexibility index (Phi) is 4.30. The summed E-state index contributed by atoms with van der Waals surface area (Å²) in [6.07, 6.45) is 0. The Morgan fingerprint density at radius 2 is 1.17 bits per heavy atom. The maximum atomic E-state index is 14.9. The Balaban J connectivity index is 1.92. The normalized spacial score (nSPS) is 18.0. The van der Waals surface area contributed by atoms with Crippen LogP contribution in [0.1, 0.15) is 16.7 Å². The second-order valence-corrected chi connectivity index (χ2v) is 9.72. The molecule has 1 nitrogen and oxygen atoms in total. The van der Waals surface area contributed by atoms with E-state index in [1.807, 2.05) is 84.9 Å². The van der Waals surface area contributed by atoms with E-state index in [4.69, 9.17) is 0 Å². The van der Waals surface area contributed by atoms with E-state index in [2.05, 4.69) is 0 Å². The van der Waals surface area contributed by atoms with Crippen LogP contribution in [0.2, 0.25) is 0 Å². The highest BCUT2D eigenvalue weighted by Crippen LogP contribution is 2.65. The first-order chi connectivity index (χ1) is 14.2. The van der Waals surface area contributed by atoms with Gasteiger partial charge >= 0.3 is 0 Å². The second-order valence-electron chi connectivity index (χ2n) is 7.06. The first kappa shape index (κ1) is 17.8. The lowest BCUT2D eigenvalue weighted by molar-refractivity contribution is 0.593. The van der Waals surface area contributed by atoms with Crippen molar-refractivity contribution in [1.29, 1.82) is 0 Å². The maximum Gasteiger partial charge on any atom is 0.172 e. The van der Waals surface area contributed by atoms with E-state index in [9.17, 15) is 8.96 Å². The molecule has 0 aromatic heterocycles. The van der Waals surface area contributed by atoms with Gasteiger partial charge in [0.25, 0.3) is 0 Å². The number of hydrogen-bond acceptors (Lipinski definition) is 1. The van der Waals surface area contributed by atoms with Crippen molar-refractivity contribution in [3.63, 3.8) is 0 Å². The molecule has 0 fully saturated rings. The number of hydrogen-bond donors (Lipinski definition) is 0. The molecule has 0 aliphatic carbocycles. The molecule has 0 saturated heterocycles. The zero-order valence-corrected chi connectivity index (χ0v) is 16.5. The lowest BCUT2D eigenvalue weighted by Crippen LogP contribution is -2.15. The van der Waals surface area contributed by atoms with Gasteiger partial charge in [-0.05, 0) is 28.8 Å². The lowest BCUT2D eigenvalue weighted by Gasteiger charge is -2.19. The van der Waals surface area contributed by atoms with Crippen molar-refractivity contribution < 1.29 is 8.96 Å². The number of halogens is 1. The summed E-state index contributed by atoms with van der Waals surface area (Å²) in [5, 5.41) is 2.40. The van der Waals surface area contributed by atoms with Gasteiger partial charge in [-0.2, -0.15) is 0 Å². The summed E-state index contributed by atoms with van der Waals surface area (Å²) in [5.41, 5.74) is 3.73. The summed E-state index contributed by atoms with van der Waals surface area (Å²) in [5.74, 6) is -0.305. The predicted octanol–water partition coefficient (Wildman–Crippen LogP) is 6.07. The molecule has 3 heteroatoms. The molecule has 0 bridgehead atoms. The summed E-state index contributed by atoms with van der Waals surface area (Å²) in [6, 6.07) is 33.9. The fraction of sp³-hybridized carbons (Fsp3) is 0. The highest BCUT2D eigenvalue weighted by Gasteiger charge is 2.43. The van der Waals surface area contributed by atoms with Crippen LogP contribution < -0.4 is 10.6 Å². The molecular formula is C26H18FOP. The molecule has 0 radical (unpaired) electrons. The van der Waals surface area contributed by atoms with E-state index in [-0.39, 0.29) is 5.82 Å². The van der Waals surface area contributed by atoms with Crippen LogP contribution in [0.15, 0.2) is 109 Å². The molecule has 1 atom stereocenters. The number of rotatable bonds is 3. The molecule has 4 aromatic rings. The van der Waals surface area contributed by atoms with E-state index < -0.39 is 7.14 Å². The summed E-state index contributed by atoms with van der Waals surface area (Å²) in [7, 11) is -3.12. The number of benzene rings is 4. The van der Waals surface area contributed by atoms with Crippen LogP contribution in [-0.2, 0) is 4.57 Å². The average molecular weight is 396 g/mol. The van der Waals surface area contributed by atoms with E-state index in [1.54, 1.807) is 12.1 Å². The molecule has 1 aliphatic heterocycles. The van der Waals surface area contributed by atoms with Crippen LogP contribution in [0.4, 0.5) is 4.39 Å². The van der Waals surface area contributed by atoms with Crippen molar-refractivity contribution >= 4 is 28.6 Å². The van der Waals surface area contributed by atoms with Crippen molar-refractivity contribution in [2.75, 3.05) is 0 Å². The summed E-state index contributed by atoms with van der Waals surface area (Å²) in [6.45, 7) is 0. The Bertz CT molecular complexity index is 1260. The predicted molar refractivity (Wildman–Crippen MR) is 119 cm³/mol. The Hall–Kier alpha value is -3.22. The standard InChI is InChI=1S/C26H18FOP/c27-21-17-15-20(16-18-21)26-25(19-9-3-1-4-10-19)23-13-7-8-14-24(23)29(26,28)22-11-5-2-6-12-22/h1-18H. The highest BCUT2D eigenvalue weighted by atomic mass is 31.2. The van der Waals surface area contributed by atoms with Crippen molar-refractivity contribution in [2.24, 2.45) is 0 Å². The monoisotopic (exact) mass is 396 g/mol. The quantitative estimate of drug-likeness (QED) is 0.384. The molecule has 4 aromatic carbocycles. The summed E-state index contributed by atoms with van der Waals surface area (Å²) >= 11 is 0. The van der Waals surface area contributed by atoms with Crippen molar-refractivity contribution in [1.82, 2.24) is 0 Å². The largest absolute Gasteiger partial charge is 0.309 e. The van der Waals surface area contributed by atoms with Gasteiger partial charge in [0.1, 0.15) is 5.82 Å². The first-order valence-electron chi connectivity index (χ1n) is 9.51. The zero-order valence-electron chi connectivity index (χ0n) is 15.6. The molecule has 1 heterocycles. The van der Waals surface area contributed by atoms with Gasteiger partial charge < -0.3 is 4.57 Å². The minimum Gasteiger partial charge on any atom is -0.309 e. The molecule has 29 heavy (non-hydrogen) atoms. The number of fused-ring (bicyclic) bond motifs is 1. The third kappa shape index (κ3) is 2.80. The van der Waals surface area contributed by atoms with Crippen LogP contribution in [0.25, 0.3) is 10.9 Å². The molecule has 1 aliphatic rings. The van der Waals surface area contributed by atoms with Gasteiger partial charge in [-0.15, -0.1) is 0 Å². The van der Waals surface area contributed by atoms with Gasteiger partial charge in [0.2, 0.25) is 0 Å². The van der Waals surface area contributed by atoms with E-state index in [0.29, 0.717) is 0 Å². The average Bonchev–Trinajstić information content (AvgIpc) is 3.06. The molecule has 0 saturated carbocycles. The van der Waals surface area contributed by atoms with Crippen LogP contribution in [0.3, 0.4) is 0 Å². The topological polar surface area (TPSA) is 17.1 Å². The van der Waals surface area contributed by atoms with E-state index in [1.165, 1.54) is 12.1 Å². The molecule has 1 unspecified atom stereocenters. The smallest absolute Gasteiger partial charge is 0.172 e. The third-order valence-corrected chi connectivity index (χ3v) is 8.57. The van der Waals surface area contributed by atoms with E-state index in [0.717, 1.165) is 38.2 Å². The molecule has 0 amide bonds. The minimum absolute atomic E-state index is 0.305. The second kappa shape index (κ2) is 6.99. The fourth-order valence-corrected chi connectivity index (χ4v) is 7.37. The fourth-order valence-electron chi connectivity index (χ4n) is 4.10. The van der Waals surface area contributed by atoms with Crippen LogP contribution in [-0.4, -0.2) is 0 Å². The van der Waals surface area contributed by atoms with Crippen molar-refractivity contribution in [3.05, 3.63) is 132 Å². The van der Waals surface area contributed by atoms with Crippen LogP contribution >= 0.6 is 7.14 Å². The van der Waals surface area contributed by atoms with Gasteiger partial charge in [-0.3, -0.25) is 0 Å². The summed E-state index contributed by atoms with van der Waals surface area (Å²) in [4.78, 5) is 0. The molecule has 5 rings (SSSR count). The molecule has 0 spiro atoms. The maximum absolute atomic E-state index is 14.9. The Morgan fingerprint density at radius 3 is 1.86 bits per heavy atom. The SMILES string of the molecule is O=P1(c2ccccc2)C(c2ccc(F)cc2)=C(c2ccccc2)c2ccccc21. The van der Waals surface area contributed by atoms with Gasteiger partial charge in [0.05, 0.1) is 0 Å². The van der Waals surface area contributed by atoms with Crippen molar-refractivity contribution in [2.45, 2.75) is 0 Å². The third-order valence-electron chi connectivity index (χ3n) is 5.36.